The van der Waals surface area contributed by atoms with E-state index < -0.39 is 5.82 Å². The van der Waals surface area contributed by atoms with Crippen LogP contribution in [0, 0.1) is 5.82 Å². The lowest BCUT2D eigenvalue weighted by atomic mass is 10.1. The molecule has 0 radical (unpaired) electrons. The molecule has 1 N–H and O–H groups in total. The zero-order valence-electron chi connectivity index (χ0n) is 18.4. The quantitative estimate of drug-likeness (QED) is 0.597. The van der Waals surface area contributed by atoms with E-state index in [1.165, 1.54) is 33.5 Å². The molecule has 4 rings (SSSR count). The van der Waals surface area contributed by atoms with Crippen molar-refractivity contribution in [1.29, 1.82) is 0 Å². The average Bonchev–Trinajstić information content (AvgIpc) is 2.83. The van der Waals surface area contributed by atoms with Gasteiger partial charge in [-0.25, -0.2) is 4.39 Å². The Morgan fingerprint density at radius 2 is 1.69 bits per heavy atom. The van der Waals surface area contributed by atoms with E-state index in [1.807, 2.05) is 4.90 Å². The summed E-state index contributed by atoms with van der Waals surface area (Å²) in [6, 6.07) is 7.81. The fourth-order valence-corrected chi connectivity index (χ4v) is 4.03. The van der Waals surface area contributed by atoms with Crippen molar-refractivity contribution in [2.24, 2.45) is 0 Å². The number of likely N-dealkylation sites (tertiary alicyclic amines) is 1. The van der Waals surface area contributed by atoms with Crippen LogP contribution in [-0.2, 0) is 0 Å². The van der Waals surface area contributed by atoms with Crippen LogP contribution in [0.15, 0.2) is 36.5 Å². The smallest absolute Gasteiger partial charge is 0.257 e. The third kappa shape index (κ3) is 4.12. The van der Waals surface area contributed by atoms with Gasteiger partial charge in [0.25, 0.3) is 5.91 Å². The minimum atomic E-state index is -0.408. The molecule has 7 nitrogen and oxygen atoms in total. The molecule has 1 amide bonds. The lowest BCUT2D eigenvalue weighted by Gasteiger charge is -2.28. The van der Waals surface area contributed by atoms with E-state index >= 15 is 0 Å². The van der Waals surface area contributed by atoms with Crippen LogP contribution < -0.4 is 19.5 Å². The van der Waals surface area contributed by atoms with Gasteiger partial charge in [0.05, 0.1) is 38.1 Å². The van der Waals surface area contributed by atoms with Gasteiger partial charge >= 0.3 is 0 Å². The van der Waals surface area contributed by atoms with E-state index in [0.29, 0.717) is 58.2 Å². The Labute approximate surface area is 186 Å². The van der Waals surface area contributed by atoms with Crippen molar-refractivity contribution < 1.29 is 23.4 Å². The zero-order valence-corrected chi connectivity index (χ0v) is 18.4. The SMILES string of the molecule is COc1cc(Nc2c(C(=O)N3CCCCC3)cnc3ccc(F)cc23)cc(OC)c1OC. The van der Waals surface area contributed by atoms with Crippen LogP contribution in [0.5, 0.6) is 17.2 Å². The Morgan fingerprint density at radius 3 is 2.31 bits per heavy atom. The summed E-state index contributed by atoms with van der Waals surface area (Å²) < 4.78 is 30.5. The number of nitrogens with zero attached hydrogens (tertiary/aromatic N) is 2. The van der Waals surface area contributed by atoms with E-state index in [-0.39, 0.29) is 5.91 Å². The maximum Gasteiger partial charge on any atom is 0.257 e. The third-order valence-corrected chi connectivity index (χ3v) is 5.64. The number of pyridine rings is 1. The highest BCUT2D eigenvalue weighted by molar-refractivity contribution is 6.08. The summed E-state index contributed by atoms with van der Waals surface area (Å²) in [6.07, 6.45) is 4.60. The molecule has 2 heterocycles. The van der Waals surface area contributed by atoms with Crippen LogP contribution in [0.1, 0.15) is 29.6 Å². The molecule has 1 aromatic heterocycles. The number of rotatable bonds is 6. The number of nitrogens with one attached hydrogen (secondary N) is 1. The molecular formula is C24H26FN3O4. The summed E-state index contributed by atoms with van der Waals surface area (Å²) in [5.74, 6) is 0.842. The first-order valence-corrected chi connectivity index (χ1v) is 10.5. The van der Waals surface area contributed by atoms with E-state index in [4.69, 9.17) is 14.2 Å². The number of carbonyl (C=O) groups excluding carboxylic acids is 1. The van der Waals surface area contributed by atoms with Gasteiger partial charge in [-0.15, -0.1) is 0 Å². The van der Waals surface area contributed by atoms with Gasteiger partial charge in [-0.1, -0.05) is 0 Å². The lowest BCUT2D eigenvalue weighted by molar-refractivity contribution is 0.0725. The van der Waals surface area contributed by atoms with Crippen LogP contribution in [0.2, 0.25) is 0 Å². The summed E-state index contributed by atoms with van der Waals surface area (Å²) >= 11 is 0. The van der Waals surface area contributed by atoms with Crippen molar-refractivity contribution in [3.05, 3.63) is 47.9 Å². The fraction of sp³-hybridized carbons (Fsp3) is 0.333. The zero-order chi connectivity index (χ0) is 22.7. The standard InChI is InChI=1S/C24H26FN3O4/c1-30-20-12-16(13-21(31-2)23(20)32-3)27-22-17-11-15(25)7-8-19(17)26-14-18(22)24(29)28-9-5-4-6-10-28/h7-8,11-14H,4-6,9-10H2,1-3H3,(H,26,27). The predicted octanol–water partition coefficient (Wildman–Crippen LogP) is 4.77. The molecule has 3 aromatic rings. The molecule has 0 unspecified atom stereocenters. The van der Waals surface area contributed by atoms with Gasteiger partial charge in [0.1, 0.15) is 5.82 Å². The molecule has 0 bridgehead atoms. The monoisotopic (exact) mass is 439 g/mol. The molecule has 1 fully saturated rings. The molecule has 1 aliphatic rings. The largest absolute Gasteiger partial charge is 0.493 e. The summed E-state index contributed by atoms with van der Waals surface area (Å²) in [5.41, 5.74) is 2.05. The number of benzene rings is 2. The number of aromatic nitrogens is 1. The Bertz CT molecular complexity index is 1120. The normalized spacial score (nSPS) is 13.7. The molecule has 8 heteroatoms. The minimum absolute atomic E-state index is 0.127. The maximum absolute atomic E-state index is 14.2. The molecular weight excluding hydrogens is 413 g/mol. The van der Waals surface area contributed by atoms with E-state index in [9.17, 15) is 9.18 Å². The van der Waals surface area contributed by atoms with Crippen LogP contribution >= 0.6 is 0 Å². The predicted molar refractivity (Wildman–Crippen MR) is 121 cm³/mol. The summed E-state index contributed by atoms with van der Waals surface area (Å²) in [7, 11) is 4.59. The van der Waals surface area contributed by atoms with Crippen LogP contribution in [-0.4, -0.2) is 50.2 Å². The number of methoxy groups -OCH3 is 3. The Kier molecular flexibility index (Phi) is 6.30. The second-order valence-electron chi connectivity index (χ2n) is 7.60. The van der Waals surface area contributed by atoms with Gasteiger partial charge in [-0.05, 0) is 37.5 Å². The molecule has 1 saturated heterocycles. The molecule has 1 aliphatic heterocycles. The van der Waals surface area contributed by atoms with Crippen LogP contribution in [0.3, 0.4) is 0 Å². The van der Waals surface area contributed by atoms with Crippen molar-refractivity contribution in [2.45, 2.75) is 19.3 Å². The Hall–Kier alpha value is -3.55. The molecule has 0 saturated carbocycles. The number of hydrogen-bond acceptors (Lipinski definition) is 6. The van der Waals surface area contributed by atoms with Gasteiger partial charge in [0.2, 0.25) is 5.75 Å². The summed E-state index contributed by atoms with van der Waals surface area (Å²) in [6.45, 7) is 1.40. The number of piperidine rings is 1. The maximum atomic E-state index is 14.2. The topological polar surface area (TPSA) is 72.9 Å². The summed E-state index contributed by atoms with van der Waals surface area (Å²) in [5, 5.41) is 3.81. The molecule has 0 spiro atoms. The van der Waals surface area contributed by atoms with Gasteiger partial charge in [-0.3, -0.25) is 9.78 Å². The molecule has 0 atom stereocenters. The minimum Gasteiger partial charge on any atom is -0.493 e. The van der Waals surface area contributed by atoms with Crippen molar-refractivity contribution >= 4 is 28.2 Å². The van der Waals surface area contributed by atoms with E-state index in [2.05, 4.69) is 10.3 Å². The molecule has 2 aromatic carbocycles. The first-order chi connectivity index (χ1) is 15.5. The summed E-state index contributed by atoms with van der Waals surface area (Å²) in [4.78, 5) is 19.6. The van der Waals surface area contributed by atoms with E-state index in [0.717, 1.165) is 19.3 Å². The van der Waals surface area contributed by atoms with Crippen LogP contribution in [0.25, 0.3) is 10.9 Å². The average molecular weight is 439 g/mol. The highest BCUT2D eigenvalue weighted by Crippen LogP contribution is 2.41. The van der Waals surface area contributed by atoms with Crippen molar-refractivity contribution in [2.75, 3.05) is 39.7 Å². The third-order valence-electron chi connectivity index (χ3n) is 5.64. The van der Waals surface area contributed by atoms with Gasteiger partial charge in [0, 0.05) is 42.5 Å². The molecule has 168 valence electrons. The second kappa shape index (κ2) is 9.30. The number of amides is 1. The van der Waals surface area contributed by atoms with Crippen molar-refractivity contribution in [3.63, 3.8) is 0 Å². The Morgan fingerprint density at radius 1 is 1.00 bits per heavy atom. The number of fused-ring (bicyclic) bond motifs is 1. The number of halogens is 1. The van der Waals surface area contributed by atoms with Crippen molar-refractivity contribution in [3.8, 4) is 17.2 Å². The number of anilines is 2. The lowest BCUT2D eigenvalue weighted by Crippen LogP contribution is -2.36. The highest BCUT2D eigenvalue weighted by atomic mass is 19.1. The van der Waals surface area contributed by atoms with Crippen LogP contribution in [0.4, 0.5) is 15.8 Å². The molecule has 32 heavy (non-hydrogen) atoms. The van der Waals surface area contributed by atoms with E-state index in [1.54, 1.807) is 24.4 Å². The highest BCUT2D eigenvalue weighted by Gasteiger charge is 2.24. The fourth-order valence-electron chi connectivity index (χ4n) is 4.03. The van der Waals surface area contributed by atoms with Gasteiger partial charge in [-0.2, -0.15) is 0 Å². The van der Waals surface area contributed by atoms with Gasteiger partial charge < -0.3 is 24.4 Å². The number of ether oxygens (including phenoxy) is 3. The number of hydrogen-bond donors (Lipinski definition) is 1. The number of carbonyl (C=O) groups is 1. The van der Waals surface area contributed by atoms with Gasteiger partial charge in [0.15, 0.2) is 11.5 Å². The first kappa shape index (κ1) is 21.7. The van der Waals surface area contributed by atoms with Crippen molar-refractivity contribution in [1.82, 2.24) is 9.88 Å². The first-order valence-electron chi connectivity index (χ1n) is 10.5. The molecule has 0 aliphatic carbocycles. The second-order valence-corrected chi connectivity index (χ2v) is 7.60. The Balaban J connectivity index is 1.85.